The van der Waals surface area contributed by atoms with Crippen molar-refractivity contribution < 1.29 is 9.18 Å². The molecule has 0 aliphatic carbocycles. The normalized spacial score (nSPS) is 17.5. The van der Waals surface area contributed by atoms with Crippen LogP contribution < -0.4 is 5.32 Å². The number of halogens is 2. The summed E-state index contributed by atoms with van der Waals surface area (Å²) in [6.07, 6.45) is 1.12. The maximum Gasteiger partial charge on any atom is 0.255 e. The first-order valence-electron chi connectivity index (χ1n) is 8.98. The summed E-state index contributed by atoms with van der Waals surface area (Å²) >= 11 is 6.09. The molecule has 2 aromatic carbocycles. The molecule has 0 spiro atoms. The van der Waals surface area contributed by atoms with Gasteiger partial charge in [0.05, 0.1) is 10.6 Å². The molecule has 1 aliphatic rings. The quantitative estimate of drug-likeness (QED) is 0.845. The summed E-state index contributed by atoms with van der Waals surface area (Å²) in [7, 11) is 0. The SMILES string of the molecule is Cc1ccccc1C1CCN(CCNC(=O)c2c(F)ccc(C)c2Cl)C1. The number of carbonyl (C=O) groups is 1. The lowest BCUT2D eigenvalue weighted by Crippen LogP contribution is -2.34. The topological polar surface area (TPSA) is 32.3 Å². The molecule has 1 N–H and O–H groups in total. The van der Waals surface area contributed by atoms with Crippen LogP contribution >= 0.6 is 11.6 Å². The van der Waals surface area contributed by atoms with Crippen molar-refractivity contribution in [2.45, 2.75) is 26.2 Å². The number of nitrogens with zero attached hydrogens (tertiary/aromatic N) is 1. The Hall–Kier alpha value is -1.91. The van der Waals surface area contributed by atoms with Crippen LogP contribution in [0.2, 0.25) is 5.02 Å². The zero-order valence-electron chi connectivity index (χ0n) is 15.2. The molecule has 138 valence electrons. The van der Waals surface area contributed by atoms with Crippen molar-refractivity contribution in [2.75, 3.05) is 26.2 Å². The number of aryl methyl sites for hydroxylation is 2. The van der Waals surface area contributed by atoms with Crippen LogP contribution in [0.1, 0.15) is 39.4 Å². The molecule has 3 nitrogen and oxygen atoms in total. The monoisotopic (exact) mass is 374 g/mol. The molecule has 1 heterocycles. The number of nitrogens with one attached hydrogen (secondary N) is 1. The Morgan fingerprint density at radius 1 is 1.23 bits per heavy atom. The predicted molar refractivity (Wildman–Crippen MR) is 103 cm³/mol. The summed E-state index contributed by atoms with van der Waals surface area (Å²) in [5.41, 5.74) is 3.37. The maximum atomic E-state index is 13.9. The Bertz CT molecular complexity index is 809. The van der Waals surface area contributed by atoms with Gasteiger partial charge in [0.15, 0.2) is 0 Å². The molecule has 1 unspecified atom stereocenters. The molecule has 1 atom stereocenters. The van der Waals surface area contributed by atoms with E-state index in [1.165, 1.54) is 17.2 Å². The summed E-state index contributed by atoms with van der Waals surface area (Å²) in [5.74, 6) is -0.500. The van der Waals surface area contributed by atoms with Crippen molar-refractivity contribution in [1.29, 1.82) is 0 Å². The number of hydrogen-bond donors (Lipinski definition) is 1. The van der Waals surface area contributed by atoms with Gasteiger partial charge in [-0.3, -0.25) is 4.79 Å². The highest BCUT2D eigenvalue weighted by Crippen LogP contribution is 2.29. The van der Waals surface area contributed by atoms with Gasteiger partial charge in [-0.15, -0.1) is 0 Å². The number of carbonyl (C=O) groups excluding carboxylic acids is 1. The number of benzene rings is 2. The fourth-order valence-corrected chi connectivity index (χ4v) is 3.85. The first kappa shape index (κ1) is 18.9. The van der Waals surface area contributed by atoms with Gasteiger partial charge < -0.3 is 10.2 Å². The Morgan fingerprint density at radius 2 is 2.00 bits per heavy atom. The molecule has 3 rings (SSSR count). The fourth-order valence-electron chi connectivity index (χ4n) is 3.62. The van der Waals surface area contributed by atoms with Crippen molar-refractivity contribution in [1.82, 2.24) is 10.2 Å². The van der Waals surface area contributed by atoms with Crippen LogP contribution in [0.4, 0.5) is 4.39 Å². The lowest BCUT2D eigenvalue weighted by molar-refractivity contribution is 0.0945. The smallest absolute Gasteiger partial charge is 0.255 e. The van der Waals surface area contributed by atoms with Crippen LogP contribution in [0.3, 0.4) is 0 Å². The van der Waals surface area contributed by atoms with Gasteiger partial charge in [0.2, 0.25) is 0 Å². The third-order valence-electron chi connectivity index (χ3n) is 5.13. The van der Waals surface area contributed by atoms with Gasteiger partial charge in [-0.05, 0) is 55.5 Å². The second-order valence-electron chi connectivity index (χ2n) is 6.95. The number of hydrogen-bond acceptors (Lipinski definition) is 2. The molecule has 2 aromatic rings. The van der Waals surface area contributed by atoms with E-state index in [0.29, 0.717) is 18.0 Å². The minimum Gasteiger partial charge on any atom is -0.351 e. The predicted octanol–water partition coefficient (Wildman–Crippen LogP) is 4.32. The highest BCUT2D eigenvalue weighted by Gasteiger charge is 2.25. The first-order valence-corrected chi connectivity index (χ1v) is 9.36. The van der Waals surface area contributed by atoms with Crippen molar-refractivity contribution >= 4 is 17.5 Å². The highest BCUT2D eigenvalue weighted by molar-refractivity contribution is 6.34. The van der Waals surface area contributed by atoms with Crippen molar-refractivity contribution in [3.63, 3.8) is 0 Å². The van der Waals surface area contributed by atoms with Gasteiger partial charge in [0, 0.05) is 19.6 Å². The molecular weight excluding hydrogens is 351 g/mol. The third-order valence-corrected chi connectivity index (χ3v) is 5.61. The second-order valence-corrected chi connectivity index (χ2v) is 7.33. The van der Waals surface area contributed by atoms with E-state index in [1.54, 1.807) is 13.0 Å². The Labute approximate surface area is 159 Å². The lowest BCUT2D eigenvalue weighted by atomic mass is 9.94. The van der Waals surface area contributed by atoms with Crippen LogP contribution in [-0.2, 0) is 0 Å². The van der Waals surface area contributed by atoms with Gasteiger partial charge in [-0.2, -0.15) is 0 Å². The van der Waals surface area contributed by atoms with E-state index in [4.69, 9.17) is 11.6 Å². The van der Waals surface area contributed by atoms with E-state index in [1.807, 2.05) is 0 Å². The molecule has 1 amide bonds. The Kier molecular flexibility index (Phi) is 5.94. The number of rotatable bonds is 5. The highest BCUT2D eigenvalue weighted by atomic mass is 35.5. The van der Waals surface area contributed by atoms with E-state index >= 15 is 0 Å². The molecule has 5 heteroatoms. The summed E-state index contributed by atoms with van der Waals surface area (Å²) in [5, 5.41) is 2.98. The Balaban J connectivity index is 1.53. The van der Waals surface area contributed by atoms with E-state index in [0.717, 1.165) is 26.1 Å². The fraction of sp³-hybridized carbons (Fsp3) is 0.381. The molecule has 0 radical (unpaired) electrons. The maximum absolute atomic E-state index is 13.9. The first-order chi connectivity index (χ1) is 12.5. The summed E-state index contributed by atoms with van der Waals surface area (Å²) in [6, 6.07) is 11.4. The molecule has 0 bridgehead atoms. The average molecular weight is 375 g/mol. The van der Waals surface area contributed by atoms with Gasteiger partial charge in [0.25, 0.3) is 5.91 Å². The number of likely N-dealkylation sites (tertiary alicyclic amines) is 1. The van der Waals surface area contributed by atoms with Gasteiger partial charge in [0.1, 0.15) is 5.82 Å². The molecule has 0 aromatic heterocycles. The van der Waals surface area contributed by atoms with E-state index < -0.39 is 11.7 Å². The van der Waals surface area contributed by atoms with Crippen molar-refractivity contribution in [3.8, 4) is 0 Å². The van der Waals surface area contributed by atoms with Crippen molar-refractivity contribution in [2.24, 2.45) is 0 Å². The standard InChI is InChI=1S/C21H24ClFN2O/c1-14-5-3-4-6-17(14)16-9-11-25(13-16)12-10-24-21(26)19-18(23)8-7-15(2)20(19)22/h3-8,16H,9-13H2,1-2H3,(H,24,26). The van der Waals surface area contributed by atoms with E-state index in [2.05, 4.69) is 41.4 Å². The van der Waals surface area contributed by atoms with E-state index in [-0.39, 0.29) is 10.6 Å². The zero-order chi connectivity index (χ0) is 18.7. The third kappa shape index (κ3) is 4.08. The molecular formula is C21H24ClFN2O. The largest absolute Gasteiger partial charge is 0.351 e. The molecule has 1 fully saturated rings. The van der Waals surface area contributed by atoms with Gasteiger partial charge in [-0.25, -0.2) is 4.39 Å². The Morgan fingerprint density at radius 3 is 2.77 bits per heavy atom. The summed E-state index contributed by atoms with van der Waals surface area (Å²) in [6.45, 7) is 7.13. The van der Waals surface area contributed by atoms with Crippen LogP contribution in [-0.4, -0.2) is 37.0 Å². The minimum absolute atomic E-state index is 0.0640. The van der Waals surface area contributed by atoms with Crippen molar-refractivity contribution in [3.05, 3.63) is 69.5 Å². The van der Waals surface area contributed by atoms with Crippen LogP contribution in [0, 0.1) is 19.7 Å². The minimum atomic E-state index is -0.584. The van der Waals surface area contributed by atoms with Gasteiger partial charge >= 0.3 is 0 Å². The second kappa shape index (κ2) is 8.19. The van der Waals surface area contributed by atoms with Crippen LogP contribution in [0.25, 0.3) is 0 Å². The zero-order valence-corrected chi connectivity index (χ0v) is 15.9. The summed E-state index contributed by atoms with van der Waals surface area (Å²) in [4.78, 5) is 14.6. The molecule has 0 saturated carbocycles. The number of amides is 1. The van der Waals surface area contributed by atoms with Crippen LogP contribution in [0.5, 0.6) is 0 Å². The molecule has 1 saturated heterocycles. The molecule has 26 heavy (non-hydrogen) atoms. The molecule has 1 aliphatic heterocycles. The van der Waals surface area contributed by atoms with Crippen LogP contribution in [0.15, 0.2) is 36.4 Å². The average Bonchev–Trinajstić information content (AvgIpc) is 3.07. The van der Waals surface area contributed by atoms with E-state index in [9.17, 15) is 9.18 Å². The lowest BCUT2D eigenvalue weighted by Gasteiger charge is -2.18. The summed E-state index contributed by atoms with van der Waals surface area (Å²) < 4.78 is 13.9. The van der Waals surface area contributed by atoms with Gasteiger partial charge in [-0.1, -0.05) is 41.9 Å².